The van der Waals surface area contributed by atoms with Crippen molar-refractivity contribution in [3.8, 4) is 0 Å². The first-order chi connectivity index (χ1) is 13.0. The summed E-state index contributed by atoms with van der Waals surface area (Å²) in [5.41, 5.74) is 7.00. The Morgan fingerprint density at radius 3 is 2.00 bits per heavy atom. The van der Waals surface area contributed by atoms with Gasteiger partial charge in [-0.15, -0.1) is 0 Å². The van der Waals surface area contributed by atoms with Gasteiger partial charge >= 0.3 is 5.97 Å². The lowest BCUT2D eigenvalue weighted by Gasteiger charge is -2.15. The maximum absolute atomic E-state index is 11.9. The van der Waals surface area contributed by atoms with Crippen LogP contribution < -0.4 is 11.1 Å². The molecule has 3 N–H and O–H groups in total. The van der Waals surface area contributed by atoms with Gasteiger partial charge < -0.3 is 20.5 Å². The lowest BCUT2D eigenvalue weighted by molar-refractivity contribution is -0.147. The Morgan fingerprint density at radius 2 is 1.44 bits per heavy atom. The molecule has 0 bridgehead atoms. The third-order valence-electron chi connectivity index (χ3n) is 3.64. The maximum Gasteiger partial charge on any atom is 0.308 e. The van der Waals surface area contributed by atoms with Gasteiger partial charge in [-0.25, -0.2) is 0 Å². The van der Waals surface area contributed by atoms with E-state index >= 15 is 0 Å². The molecule has 2 aromatic rings. The van der Waals surface area contributed by atoms with Gasteiger partial charge in [0.15, 0.2) is 0 Å². The van der Waals surface area contributed by atoms with Crippen LogP contribution >= 0.6 is 0 Å². The zero-order valence-electron chi connectivity index (χ0n) is 14.8. The van der Waals surface area contributed by atoms with Gasteiger partial charge in [-0.05, 0) is 11.1 Å². The van der Waals surface area contributed by atoms with Crippen molar-refractivity contribution in [2.75, 3.05) is 6.61 Å². The first kappa shape index (κ1) is 20.1. The van der Waals surface area contributed by atoms with Gasteiger partial charge in [0.1, 0.15) is 19.3 Å². The van der Waals surface area contributed by atoms with Crippen LogP contribution in [0.2, 0.25) is 0 Å². The summed E-state index contributed by atoms with van der Waals surface area (Å²) in [6.45, 7) is 0.0889. The number of rotatable bonds is 10. The fourth-order valence-electron chi connectivity index (χ4n) is 2.26. The Bertz CT molecular complexity index is 749. The van der Waals surface area contributed by atoms with Gasteiger partial charge in [0.2, 0.25) is 11.8 Å². The van der Waals surface area contributed by atoms with E-state index in [1.165, 1.54) is 0 Å². The second-order valence-corrected chi connectivity index (χ2v) is 5.85. The molecule has 0 saturated carbocycles. The highest BCUT2D eigenvalue weighted by atomic mass is 16.5. The number of primary amides is 1. The third-order valence-corrected chi connectivity index (χ3v) is 3.64. The molecule has 0 aromatic heterocycles. The van der Waals surface area contributed by atoms with Gasteiger partial charge in [0, 0.05) is 0 Å². The molecule has 7 nitrogen and oxygen atoms in total. The number of hydrogen-bond donors (Lipinski definition) is 2. The van der Waals surface area contributed by atoms with E-state index in [4.69, 9.17) is 15.2 Å². The SMILES string of the molecule is NC(=O)[C@H](CC(=O)OCc1ccccc1)NC(=O)COCc1ccccc1. The average molecular weight is 370 g/mol. The number of carbonyl (C=O) groups excluding carboxylic acids is 3. The Labute approximate surface area is 157 Å². The van der Waals surface area contributed by atoms with E-state index < -0.39 is 23.8 Å². The molecule has 2 rings (SSSR count). The molecule has 0 aliphatic carbocycles. The molecule has 2 aromatic carbocycles. The Kier molecular flexibility index (Phi) is 7.99. The lowest BCUT2D eigenvalue weighted by atomic mass is 10.2. The van der Waals surface area contributed by atoms with Crippen LogP contribution in [0, 0.1) is 0 Å². The van der Waals surface area contributed by atoms with Crippen molar-refractivity contribution < 1.29 is 23.9 Å². The van der Waals surface area contributed by atoms with E-state index in [9.17, 15) is 14.4 Å². The Balaban J connectivity index is 1.74. The minimum Gasteiger partial charge on any atom is -0.461 e. The van der Waals surface area contributed by atoms with Gasteiger partial charge in [-0.3, -0.25) is 14.4 Å². The Morgan fingerprint density at radius 1 is 0.889 bits per heavy atom. The van der Waals surface area contributed by atoms with Crippen molar-refractivity contribution in [1.82, 2.24) is 5.32 Å². The molecular weight excluding hydrogens is 348 g/mol. The van der Waals surface area contributed by atoms with Crippen LogP contribution in [0.4, 0.5) is 0 Å². The van der Waals surface area contributed by atoms with Crippen LogP contribution in [0.15, 0.2) is 60.7 Å². The molecule has 0 fully saturated rings. The number of carbonyl (C=O) groups is 3. The van der Waals surface area contributed by atoms with E-state index in [0.717, 1.165) is 11.1 Å². The second kappa shape index (κ2) is 10.7. The van der Waals surface area contributed by atoms with Crippen LogP contribution in [-0.2, 0) is 37.1 Å². The Hall–Kier alpha value is -3.19. The van der Waals surface area contributed by atoms with E-state index in [0.29, 0.717) is 0 Å². The minimum absolute atomic E-state index is 0.0826. The number of ether oxygens (including phenoxy) is 2. The van der Waals surface area contributed by atoms with Crippen molar-refractivity contribution >= 4 is 17.8 Å². The number of nitrogens with two attached hydrogens (primary N) is 1. The molecule has 0 spiro atoms. The van der Waals surface area contributed by atoms with Crippen LogP contribution in [0.3, 0.4) is 0 Å². The molecule has 142 valence electrons. The van der Waals surface area contributed by atoms with Crippen LogP contribution in [0.5, 0.6) is 0 Å². The molecule has 27 heavy (non-hydrogen) atoms. The summed E-state index contributed by atoms with van der Waals surface area (Å²) in [6.07, 6.45) is -0.341. The fraction of sp³-hybridized carbons (Fsp3) is 0.250. The molecule has 0 unspecified atom stereocenters. The molecular formula is C20H22N2O5. The van der Waals surface area contributed by atoms with Gasteiger partial charge in [-0.1, -0.05) is 60.7 Å². The summed E-state index contributed by atoms with van der Waals surface area (Å²) in [6, 6.07) is 17.3. The minimum atomic E-state index is -1.15. The van der Waals surface area contributed by atoms with Crippen LogP contribution in [0.25, 0.3) is 0 Å². The van der Waals surface area contributed by atoms with Crippen molar-refractivity contribution in [2.24, 2.45) is 5.73 Å². The highest BCUT2D eigenvalue weighted by Crippen LogP contribution is 2.04. The predicted octanol–water partition coefficient (Wildman–Crippen LogP) is 1.31. The topological polar surface area (TPSA) is 108 Å². The molecule has 2 amide bonds. The van der Waals surface area contributed by atoms with Crippen molar-refractivity contribution in [3.63, 3.8) is 0 Å². The van der Waals surface area contributed by atoms with Crippen molar-refractivity contribution in [2.45, 2.75) is 25.7 Å². The zero-order chi connectivity index (χ0) is 19.5. The second-order valence-electron chi connectivity index (χ2n) is 5.85. The monoisotopic (exact) mass is 370 g/mol. The van der Waals surface area contributed by atoms with Crippen molar-refractivity contribution in [3.05, 3.63) is 71.8 Å². The van der Waals surface area contributed by atoms with E-state index in [2.05, 4.69) is 5.32 Å². The molecule has 0 aliphatic rings. The first-order valence-corrected chi connectivity index (χ1v) is 8.44. The van der Waals surface area contributed by atoms with Crippen LogP contribution in [-0.4, -0.2) is 30.4 Å². The smallest absolute Gasteiger partial charge is 0.308 e. The third kappa shape index (κ3) is 7.70. The largest absolute Gasteiger partial charge is 0.461 e. The predicted molar refractivity (Wildman–Crippen MR) is 98.1 cm³/mol. The summed E-state index contributed by atoms with van der Waals surface area (Å²) in [4.78, 5) is 35.3. The highest BCUT2D eigenvalue weighted by molar-refractivity contribution is 5.90. The normalized spacial score (nSPS) is 11.4. The number of nitrogens with one attached hydrogen (secondary N) is 1. The summed E-state index contributed by atoms with van der Waals surface area (Å²) < 4.78 is 10.4. The summed E-state index contributed by atoms with van der Waals surface area (Å²) in [5.74, 6) is -1.98. The van der Waals surface area contributed by atoms with E-state index in [1.54, 1.807) is 0 Å². The fourth-order valence-corrected chi connectivity index (χ4v) is 2.26. The lowest BCUT2D eigenvalue weighted by Crippen LogP contribution is -2.47. The standard InChI is InChI=1S/C20H22N2O5/c21-20(25)17(11-19(24)27-13-16-9-5-2-6-10-16)22-18(23)14-26-12-15-7-3-1-4-8-15/h1-10,17H,11-14H2,(H2,21,25)(H,22,23)/t17-/m0/s1. The summed E-state index contributed by atoms with van der Waals surface area (Å²) >= 11 is 0. The van der Waals surface area contributed by atoms with E-state index in [-0.39, 0.29) is 26.2 Å². The molecule has 0 aliphatic heterocycles. The van der Waals surface area contributed by atoms with Crippen LogP contribution in [0.1, 0.15) is 17.5 Å². The summed E-state index contributed by atoms with van der Waals surface area (Å²) in [5, 5.41) is 2.39. The van der Waals surface area contributed by atoms with Crippen molar-refractivity contribution in [1.29, 1.82) is 0 Å². The number of esters is 1. The molecule has 0 radical (unpaired) electrons. The number of benzene rings is 2. The van der Waals surface area contributed by atoms with Gasteiger partial charge in [0.05, 0.1) is 13.0 Å². The average Bonchev–Trinajstić information content (AvgIpc) is 2.67. The quantitative estimate of drug-likeness (QED) is 0.613. The zero-order valence-corrected chi connectivity index (χ0v) is 14.8. The maximum atomic E-state index is 11.9. The van der Waals surface area contributed by atoms with Gasteiger partial charge in [-0.2, -0.15) is 0 Å². The number of hydrogen-bond acceptors (Lipinski definition) is 5. The summed E-state index contributed by atoms with van der Waals surface area (Å²) in [7, 11) is 0. The number of amides is 2. The van der Waals surface area contributed by atoms with E-state index in [1.807, 2.05) is 60.7 Å². The first-order valence-electron chi connectivity index (χ1n) is 8.44. The molecule has 1 atom stereocenters. The molecule has 7 heteroatoms. The van der Waals surface area contributed by atoms with Gasteiger partial charge in [0.25, 0.3) is 0 Å². The molecule has 0 heterocycles. The highest BCUT2D eigenvalue weighted by Gasteiger charge is 2.22. The molecule has 0 saturated heterocycles.